The van der Waals surface area contributed by atoms with Crippen molar-refractivity contribution in [3.63, 3.8) is 0 Å². The predicted octanol–water partition coefficient (Wildman–Crippen LogP) is 2.58. The van der Waals surface area contributed by atoms with Gasteiger partial charge in [-0.25, -0.2) is 0 Å². The summed E-state index contributed by atoms with van der Waals surface area (Å²) in [5.74, 6) is 0. The van der Waals surface area contributed by atoms with E-state index >= 15 is 0 Å². The molecule has 25 heavy (non-hydrogen) atoms. The zero-order valence-electron chi connectivity index (χ0n) is 15.1. The van der Waals surface area contributed by atoms with Crippen molar-refractivity contribution in [3.8, 4) is 0 Å². The highest BCUT2D eigenvalue weighted by Crippen LogP contribution is 2.38. The second kappa shape index (κ2) is 6.38. The van der Waals surface area contributed by atoms with Crippen molar-refractivity contribution < 1.29 is 13.0 Å². The molecule has 7 heteroatoms. The number of rotatable bonds is 1. The number of aryl methyl sites for hydroxylation is 2. The highest BCUT2D eigenvalue weighted by atomic mass is 32.2. The molecule has 0 spiro atoms. The number of hydrogen-bond acceptors (Lipinski definition) is 4. The Morgan fingerprint density at radius 3 is 2.68 bits per heavy atom. The van der Waals surface area contributed by atoms with Crippen molar-refractivity contribution in [2.75, 3.05) is 12.8 Å². The fourth-order valence-corrected chi connectivity index (χ4v) is 3.74. The van der Waals surface area contributed by atoms with E-state index in [-0.39, 0.29) is 0 Å². The van der Waals surface area contributed by atoms with Crippen molar-refractivity contribution >= 4 is 26.7 Å². The standard InChI is InChI=1S/C17H21N3.CH4O3S/c1-4-19-15-6-5-11(2)9-14(15)13-7-8-20-12(3)18-10-16(20)17(13)19;1-5(2,3)4/h5-6,9-10,12,18H,4,7-8H2,1-3H3;1H3,(H,2,3,4). The van der Waals surface area contributed by atoms with Crippen LogP contribution in [-0.4, -0.2) is 41.4 Å². The molecule has 6 nitrogen and oxygen atoms in total. The molecule has 0 amide bonds. The Morgan fingerprint density at radius 1 is 1.36 bits per heavy atom. The number of hydrogen-bond donors (Lipinski definition) is 2. The Kier molecular flexibility index (Phi) is 4.55. The average molecular weight is 363 g/mol. The second-order valence-electron chi connectivity index (χ2n) is 6.64. The monoisotopic (exact) mass is 363 g/mol. The Bertz CT molecular complexity index is 936. The molecule has 1 aromatic carbocycles. The molecule has 0 saturated carbocycles. The summed E-state index contributed by atoms with van der Waals surface area (Å²) in [5.41, 5.74) is 7.06. The summed E-state index contributed by atoms with van der Waals surface area (Å²) in [6, 6.07) is 6.85. The van der Waals surface area contributed by atoms with Crippen LogP contribution in [-0.2, 0) is 23.1 Å². The van der Waals surface area contributed by atoms with E-state index in [1.165, 1.54) is 33.4 Å². The third-order valence-corrected chi connectivity index (χ3v) is 4.72. The van der Waals surface area contributed by atoms with Gasteiger partial charge in [0.15, 0.2) is 0 Å². The van der Waals surface area contributed by atoms with E-state index < -0.39 is 10.1 Å². The molecule has 136 valence electrons. The van der Waals surface area contributed by atoms with Crippen LogP contribution in [0, 0.1) is 6.92 Å². The summed E-state index contributed by atoms with van der Waals surface area (Å²) >= 11 is 0. The van der Waals surface area contributed by atoms with Crippen LogP contribution in [0.1, 0.15) is 30.7 Å². The Labute approximate surface area is 148 Å². The molecule has 1 unspecified atom stereocenters. The smallest absolute Gasteiger partial charge is 0.261 e. The van der Waals surface area contributed by atoms with E-state index in [9.17, 15) is 8.42 Å². The van der Waals surface area contributed by atoms with Gasteiger partial charge in [-0.3, -0.25) is 4.55 Å². The number of aromatic nitrogens is 1. The Morgan fingerprint density at radius 2 is 2.04 bits per heavy atom. The molecule has 2 aliphatic rings. The molecular formula is C18H25N3O3S. The van der Waals surface area contributed by atoms with Gasteiger partial charge in [-0.1, -0.05) is 11.6 Å². The van der Waals surface area contributed by atoms with Gasteiger partial charge >= 0.3 is 0 Å². The van der Waals surface area contributed by atoms with Crippen LogP contribution in [0.4, 0.5) is 0 Å². The van der Waals surface area contributed by atoms with Crippen molar-refractivity contribution in [2.45, 2.75) is 39.9 Å². The molecule has 0 radical (unpaired) electrons. The Balaban J connectivity index is 0.000000324. The second-order valence-corrected chi connectivity index (χ2v) is 8.11. The highest BCUT2D eigenvalue weighted by molar-refractivity contribution is 7.85. The molecule has 4 rings (SSSR count). The normalized spacial score (nSPS) is 18.8. The maximum Gasteiger partial charge on any atom is 0.261 e. The zero-order valence-corrected chi connectivity index (χ0v) is 15.9. The van der Waals surface area contributed by atoms with E-state index in [1.54, 1.807) is 0 Å². The third-order valence-electron chi connectivity index (χ3n) is 4.72. The topological polar surface area (TPSA) is 74.6 Å². The van der Waals surface area contributed by atoms with Gasteiger partial charge in [0.25, 0.3) is 10.1 Å². The summed E-state index contributed by atoms with van der Waals surface area (Å²) in [6.45, 7) is 8.80. The highest BCUT2D eigenvalue weighted by Gasteiger charge is 2.32. The Hall–Kier alpha value is -1.99. The van der Waals surface area contributed by atoms with Gasteiger partial charge in [0, 0.05) is 30.2 Å². The summed E-state index contributed by atoms with van der Waals surface area (Å²) in [4.78, 5) is 2.49. The lowest BCUT2D eigenvalue weighted by Gasteiger charge is -2.31. The molecule has 2 aliphatic heterocycles. The van der Waals surface area contributed by atoms with Crippen LogP contribution in [0.5, 0.6) is 0 Å². The van der Waals surface area contributed by atoms with Crippen LogP contribution >= 0.6 is 0 Å². The van der Waals surface area contributed by atoms with Gasteiger partial charge in [0.05, 0.1) is 23.8 Å². The minimum absolute atomic E-state index is 0.420. The summed E-state index contributed by atoms with van der Waals surface area (Å²) in [7, 11) is -3.67. The first-order valence-electron chi connectivity index (χ1n) is 8.48. The summed E-state index contributed by atoms with van der Waals surface area (Å²) in [6.07, 6.45) is 4.47. The number of fused-ring (bicyclic) bond motifs is 5. The number of benzene rings is 1. The lowest BCUT2D eigenvalue weighted by Crippen LogP contribution is -2.37. The van der Waals surface area contributed by atoms with Gasteiger partial charge in [0.1, 0.15) is 0 Å². The summed E-state index contributed by atoms with van der Waals surface area (Å²) < 4.78 is 28.3. The molecule has 0 saturated heterocycles. The van der Waals surface area contributed by atoms with Crippen molar-refractivity contribution in [2.24, 2.45) is 0 Å². The van der Waals surface area contributed by atoms with E-state index in [4.69, 9.17) is 4.55 Å². The zero-order chi connectivity index (χ0) is 18.4. The fraction of sp³-hybridized carbons (Fsp3) is 0.444. The fourth-order valence-electron chi connectivity index (χ4n) is 3.74. The summed E-state index contributed by atoms with van der Waals surface area (Å²) in [5, 5.41) is 4.91. The van der Waals surface area contributed by atoms with E-state index in [0.29, 0.717) is 12.4 Å². The molecule has 0 bridgehead atoms. The molecule has 2 aromatic rings. The minimum atomic E-state index is -3.67. The molecule has 2 N–H and O–H groups in total. The largest absolute Gasteiger partial charge is 0.370 e. The van der Waals surface area contributed by atoms with Crippen molar-refractivity contribution in [3.05, 3.63) is 41.2 Å². The van der Waals surface area contributed by atoms with Crippen molar-refractivity contribution in [1.82, 2.24) is 14.8 Å². The van der Waals surface area contributed by atoms with Crippen LogP contribution in [0.15, 0.2) is 24.4 Å². The van der Waals surface area contributed by atoms with Gasteiger partial charge in [-0.05, 0) is 44.9 Å². The molecule has 1 aromatic heterocycles. The van der Waals surface area contributed by atoms with Gasteiger partial charge < -0.3 is 14.8 Å². The maximum absolute atomic E-state index is 9.19. The first kappa shape index (κ1) is 17.8. The lowest BCUT2D eigenvalue weighted by molar-refractivity contribution is 0.307. The number of nitrogens with one attached hydrogen (secondary N) is 1. The van der Waals surface area contributed by atoms with Crippen molar-refractivity contribution in [1.29, 1.82) is 0 Å². The third kappa shape index (κ3) is 3.39. The van der Waals surface area contributed by atoms with Crippen LogP contribution < -0.4 is 5.32 Å². The van der Waals surface area contributed by atoms with E-state index in [2.05, 4.69) is 60.0 Å². The minimum Gasteiger partial charge on any atom is -0.370 e. The average Bonchev–Trinajstić information content (AvgIpc) is 3.03. The van der Waals surface area contributed by atoms with Crippen LogP contribution in [0.25, 0.3) is 16.6 Å². The van der Waals surface area contributed by atoms with Gasteiger partial charge in [-0.2, -0.15) is 8.42 Å². The number of nitrogens with zero attached hydrogens (tertiary/aromatic N) is 2. The first-order valence-corrected chi connectivity index (χ1v) is 10.3. The molecule has 1 atom stereocenters. The van der Waals surface area contributed by atoms with E-state index in [0.717, 1.165) is 19.5 Å². The SMILES string of the molecule is CCn1c2c(c3cc(C)ccc31)CCN1C2=CNC1C.CS(=O)(=O)O. The van der Waals surface area contributed by atoms with Crippen LogP contribution in [0.3, 0.4) is 0 Å². The molecule has 0 fully saturated rings. The molecule has 0 aliphatic carbocycles. The lowest BCUT2D eigenvalue weighted by atomic mass is 10.0. The van der Waals surface area contributed by atoms with Crippen LogP contribution in [0.2, 0.25) is 0 Å². The molecule has 3 heterocycles. The maximum atomic E-state index is 9.19. The first-order chi connectivity index (χ1) is 11.7. The van der Waals surface area contributed by atoms with E-state index in [1.807, 2.05) is 0 Å². The van der Waals surface area contributed by atoms with Gasteiger partial charge in [-0.15, -0.1) is 0 Å². The van der Waals surface area contributed by atoms with Gasteiger partial charge in [0.2, 0.25) is 0 Å². The quantitative estimate of drug-likeness (QED) is 0.762. The predicted molar refractivity (Wildman–Crippen MR) is 101 cm³/mol. The molecular weight excluding hydrogens is 338 g/mol.